The van der Waals surface area contributed by atoms with Crippen molar-refractivity contribution in [2.45, 2.75) is 18.9 Å². The molecule has 0 aromatic heterocycles. The Morgan fingerprint density at radius 3 is 3.00 bits per heavy atom. The van der Waals surface area contributed by atoms with Gasteiger partial charge in [-0.05, 0) is 18.9 Å². The van der Waals surface area contributed by atoms with Crippen LogP contribution < -0.4 is 0 Å². The Hall–Kier alpha value is -0.370. The predicted molar refractivity (Wildman–Crippen MR) is 29.2 cm³/mol. The lowest BCUT2D eigenvalue weighted by Gasteiger charge is -1.97. The van der Waals surface area contributed by atoms with E-state index in [0.717, 1.165) is 19.4 Å². The molecule has 1 atom stereocenters. The molecule has 1 heterocycles. The van der Waals surface area contributed by atoms with Crippen LogP contribution in [-0.2, 0) is 4.74 Å². The summed E-state index contributed by atoms with van der Waals surface area (Å²) in [4.78, 5) is 0. The summed E-state index contributed by atoms with van der Waals surface area (Å²) >= 11 is 0. The van der Waals surface area contributed by atoms with Crippen molar-refractivity contribution in [3.8, 4) is 0 Å². The molecule has 0 aliphatic carbocycles. The maximum absolute atomic E-state index is 11.4. The van der Waals surface area contributed by atoms with Crippen LogP contribution in [0.5, 0.6) is 0 Å². The molecule has 2 heteroatoms. The van der Waals surface area contributed by atoms with Crippen molar-refractivity contribution in [1.82, 2.24) is 0 Å². The Kier molecular flexibility index (Phi) is 2.03. The largest absolute Gasteiger partial charge is 0.374 e. The zero-order chi connectivity index (χ0) is 5.82. The minimum Gasteiger partial charge on any atom is -0.374 e. The van der Waals surface area contributed by atoms with E-state index in [-0.39, 0.29) is 6.10 Å². The van der Waals surface area contributed by atoms with Crippen molar-refractivity contribution >= 4 is 0 Å². The smallest absolute Gasteiger partial charge is 0.0852 e. The summed E-state index contributed by atoms with van der Waals surface area (Å²) in [6.07, 6.45) is 4.10. The van der Waals surface area contributed by atoms with Crippen LogP contribution in [0.25, 0.3) is 0 Å². The van der Waals surface area contributed by atoms with E-state index in [1.807, 2.05) is 0 Å². The van der Waals surface area contributed by atoms with Crippen LogP contribution in [0.2, 0.25) is 0 Å². The SMILES string of the molecule is FC=CC1CCCO1. The van der Waals surface area contributed by atoms with Gasteiger partial charge in [-0.15, -0.1) is 0 Å². The van der Waals surface area contributed by atoms with Gasteiger partial charge in [0.2, 0.25) is 0 Å². The molecule has 1 saturated heterocycles. The van der Waals surface area contributed by atoms with Crippen LogP contribution in [0.4, 0.5) is 4.39 Å². The summed E-state index contributed by atoms with van der Waals surface area (Å²) < 4.78 is 16.5. The summed E-state index contributed by atoms with van der Waals surface area (Å²) in [5.74, 6) is 0. The molecule has 0 saturated carbocycles. The molecule has 0 aromatic rings. The molecule has 1 unspecified atom stereocenters. The highest BCUT2D eigenvalue weighted by Crippen LogP contribution is 2.12. The lowest BCUT2D eigenvalue weighted by molar-refractivity contribution is 0.145. The molecule has 1 fully saturated rings. The third-order valence-corrected chi connectivity index (χ3v) is 1.25. The second-order valence-corrected chi connectivity index (χ2v) is 1.87. The second-order valence-electron chi connectivity index (χ2n) is 1.87. The number of hydrogen-bond acceptors (Lipinski definition) is 1. The van der Waals surface area contributed by atoms with Crippen LogP contribution in [0.3, 0.4) is 0 Å². The zero-order valence-corrected chi connectivity index (χ0v) is 4.64. The molecule has 0 spiro atoms. The molecule has 8 heavy (non-hydrogen) atoms. The summed E-state index contributed by atoms with van der Waals surface area (Å²) in [6.45, 7) is 0.787. The zero-order valence-electron chi connectivity index (χ0n) is 4.64. The monoisotopic (exact) mass is 116 g/mol. The van der Waals surface area contributed by atoms with E-state index in [4.69, 9.17) is 4.74 Å². The number of hydrogen-bond donors (Lipinski definition) is 0. The summed E-state index contributed by atoms with van der Waals surface area (Å²) in [6, 6.07) is 0. The van der Waals surface area contributed by atoms with Crippen molar-refractivity contribution in [2.24, 2.45) is 0 Å². The molecule has 0 aromatic carbocycles. The second kappa shape index (κ2) is 2.82. The average Bonchev–Trinajstić information content (AvgIpc) is 2.19. The third-order valence-electron chi connectivity index (χ3n) is 1.25. The van der Waals surface area contributed by atoms with Crippen LogP contribution in [0.1, 0.15) is 12.8 Å². The van der Waals surface area contributed by atoms with Crippen LogP contribution >= 0.6 is 0 Å². The van der Waals surface area contributed by atoms with Gasteiger partial charge in [0.15, 0.2) is 0 Å². The van der Waals surface area contributed by atoms with Crippen LogP contribution in [0, 0.1) is 0 Å². The van der Waals surface area contributed by atoms with E-state index in [0.29, 0.717) is 6.33 Å². The van der Waals surface area contributed by atoms with Gasteiger partial charge < -0.3 is 4.74 Å². The lowest BCUT2D eigenvalue weighted by atomic mass is 10.2. The van der Waals surface area contributed by atoms with Gasteiger partial charge in [-0.1, -0.05) is 0 Å². The first-order valence-corrected chi connectivity index (χ1v) is 2.82. The molecule has 0 N–H and O–H groups in total. The summed E-state index contributed by atoms with van der Waals surface area (Å²) in [5, 5.41) is 0. The van der Waals surface area contributed by atoms with Gasteiger partial charge >= 0.3 is 0 Å². The Labute approximate surface area is 48.1 Å². The van der Waals surface area contributed by atoms with Crippen molar-refractivity contribution < 1.29 is 9.13 Å². The normalized spacial score (nSPS) is 29.9. The molecule has 1 aliphatic heterocycles. The topological polar surface area (TPSA) is 9.23 Å². The maximum Gasteiger partial charge on any atom is 0.0852 e. The fourth-order valence-corrected chi connectivity index (χ4v) is 0.835. The molecular weight excluding hydrogens is 107 g/mol. The minimum absolute atomic E-state index is 0.0556. The Bertz CT molecular complexity index is 84.5. The molecule has 46 valence electrons. The van der Waals surface area contributed by atoms with E-state index in [1.165, 1.54) is 6.08 Å². The molecule has 0 bridgehead atoms. The number of ether oxygens (including phenoxy) is 1. The van der Waals surface area contributed by atoms with Crippen molar-refractivity contribution in [3.63, 3.8) is 0 Å². The highest BCUT2D eigenvalue weighted by molar-refractivity contribution is 4.85. The average molecular weight is 116 g/mol. The van der Waals surface area contributed by atoms with Crippen LogP contribution in [-0.4, -0.2) is 12.7 Å². The van der Waals surface area contributed by atoms with Gasteiger partial charge in [-0.3, -0.25) is 0 Å². The quantitative estimate of drug-likeness (QED) is 0.506. The Morgan fingerprint density at radius 2 is 2.50 bits per heavy atom. The van der Waals surface area contributed by atoms with Gasteiger partial charge in [0, 0.05) is 6.61 Å². The predicted octanol–water partition coefficient (Wildman–Crippen LogP) is 1.65. The number of halogens is 1. The molecule has 1 rings (SSSR count). The Morgan fingerprint density at radius 1 is 1.62 bits per heavy atom. The lowest BCUT2D eigenvalue weighted by Crippen LogP contribution is -1.97. The van der Waals surface area contributed by atoms with E-state index in [1.54, 1.807) is 0 Å². The third kappa shape index (κ3) is 1.30. The summed E-state index contributed by atoms with van der Waals surface area (Å²) in [5.41, 5.74) is 0. The number of rotatable bonds is 1. The van der Waals surface area contributed by atoms with E-state index >= 15 is 0 Å². The first-order valence-electron chi connectivity index (χ1n) is 2.82. The Balaban J connectivity index is 2.24. The fraction of sp³-hybridized carbons (Fsp3) is 0.667. The van der Waals surface area contributed by atoms with Crippen molar-refractivity contribution in [2.75, 3.05) is 6.61 Å². The highest BCUT2D eigenvalue weighted by atomic mass is 19.1. The molecule has 0 amide bonds. The molecule has 1 nitrogen and oxygen atoms in total. The van der Waals surface area contributed by atoms with Gasteiger partial charge in [0.25, 0.3) is 0 Å². The van der Waals surface area contributed by atoms with Crippen LogP contribution in [0.15, 0.2) is 12.4 Å². The van der Waals surface area contributed by atoms with Gasteiger partial charge in [0.05, 0.1) is 12.4 Å². The van der Waals surface area contributed by atoms with Crippen molar-refractivity contribution in [1.29, 1.82) is 0 Å². The van der Waals surface area contributed by atoms with Crippen molar-refractivity contribution in [3.05, 3.63) is 12.4 Å². The summed E-state index contributed by atoms with van der Waals surface area (Å²) in [7, 11) is 0. The molecule has 1 aliphatic rings. The highest BCUT2D eigenvalue weighted by Gasteiger charge is 2.10. The van der Waals surface area contributed by atoms with Gasteiger partial charge in [-0.2, -0.15) is 0 Å². The fourth-order valence-electron chi connectivity index (χ4n) is 0.835. The van der Waals surface area contributed by atoms with Gasteiger partial charge in [0.1, 0.15) is 0 Å². The standard InChI is InChI=1S/C6H9FO/c7-4-3-6-2-1-5-8-6/h3-4,6H,1-2,5H2. The maximum atomic E-state index is 11.4. The molecule has 0 radical (unpaired) electrons. The minimum atomic E-state index is 0.0556. The van der Waals surface area contributed by atoms with E-state index in [9.17, 15) is 4.39 Å². The van der Waals surface area contributed by atoms with Gasteiger partial charge in [-0.25, -0.2) is 4.39 Å². The first-order chi connectivity index (χ1) is 3.93. The first kappa shape index (κ1) is 5.76. The molecular formula is C6H9FO. The van der Waals surface area contributed by atoms with E-state index in [2.05, 4.69) is 0 Å². The van der Waals surface area contributed by atoms with E-state index < -0.39 is 0 Å².